The van der Waals surface area contributed by atoms with Crippen molar-refractivity contribution >= 4 is 17.5 Å². The molecule has 1 fully saturated rings. The SMILES string of the molecule is O=C(N1CCOCC1)N1CCNc2ccn3ncc(c3n2)-c2cc(ccn2)OCC1. The van der Waals surface area contributed by atoms with Gasteiger partial charge in [-0.3, -0.25) is 4.98 Å². The molecule has 156 valence electrons. The third-order valence-electron chi connectivity index (χ3n) is 5.25. The Bertz CT molecular complexity index is 1050. The molecule has 3 aromatic rings. The highest BCUT2D eigenvalue weighted by atomic mass is 16.5. The summed E-state index contributed by atoms with van der Waals surface area (Å²) in [6.07, 6.45) is 5.32. The van der Waals surface area contributed by atoms with Crippen LogP contribution in [0.15, 0.2) is 36.8 Å². The summed E-state index contributed by atoms with van der Waals surface area (Å²) in [5.74, 6) is 1.43. The number of carbonyl (C=O) groups excluding carboxylic acids is 1. The number of nitrogens with zero attached hydrogens (tertiary/aromatic N) is 6. The zero-order valence-corrected chi connectivity index (χ0v) is 16.5. The lowest BCUT2D eigenvalue weighted by Gasteiger charge is -2.33. The molecule has 0 radical (unpaired) electrons. The lowest BCUT2D eigenvalue weighted by atomic mass is 10.2. The molecular weight excluding hydrogens is 386 g/mol. The Kier molecular flexibility index (Phi) is 5.06. The van der Waals surface area contributed by atoms with Gasteiger partial charge < -0.3 is 24.6 Å². The number of fused-ring (bicyclic) bond motifs is 4. The summed E-state index contributed by atoms with van der Waals surface area (Å²) in [7, 11) is 0. The summed E-state index contributed by atoms with van der Waals surface area (Å²) >= 11 is 0. The van der Waals surface area contributed by atoms with E-state index < -0.39 is 0 Å². The van der Waals surface area contributed by atoms with Gasteiger partial charge in [-0.2, -0.15) is 5.10 Å². The summed E-state index contributed by atoms with van der Waals surface area (Å²) in [5, 5.41) is 7.69. The van der Waals surface area contributed by atoms with Crippen LogP contribution in [0.4, 0.5) is 10.6 Å². The van der Waals surface area contributed by atoms with Crippen LogP contribution in [0.25, 0.3) is 16.9 Å². The molecule has 30 heavy (non-hydrogen) atoms. The first-order valence-corrected chi connectivity index (χ1v) is 10.1. The van der Waals surface area contributed by atoms with Crippen molar-refractivity contribution in [3.8, 4) is 17.0 Å². The monoisotopic (exact) mass is 409 g/mol. The molecule has 0 aliphatic carbocycles. The Morgan fingerprint density at radius 1 is 1.07 bits per heavy atom. The summed E-state index contributed by atoms with van der Waals surface area (Å²) in [6, 6.07) is 5.57. The largest absolute Gasteiger partial charge is 0.492 e. The van der Waals surface area contributed by atoms with Crippen molar-refractivity contribution in [3.05, 3.63) is 36.8 Å². The van der Waals surface area contributed by atoms with Gasteiger partial charge in [-0.25, -0.2) is 14.3 Å². The van der Waals surface area contributed by atoms with Crippen LogP contribution in [0.3, 0.4) is 0 Å². The Labute approximate surface area is 173 Å². The first-order chi connectivity index (χ1) is 14.8. The first-order valence-electron chi connectivity index (χ1n) is 10.1. The second-order valence-electron chi connectivity index (χ2n) is 7.16. The molecule has 2 aliphatic heterocycles. The molecule has 1 saturated heterocycles. The molecule has 5 rings (SSSR count). The van der Waals surface area contributed by atoms with Crippen LogP contribution >= 0.6 is 0 Å². The van der Waals surface area contributed by atoms with E-state index in [0.29, 0.717) is 63.9 Å². The number of ether oxygens (including phenoxy) is 2. The predicted octanol–water partition coefficient (Wildman–Crippen LogP) is 1.35. The number of anilines is 1. The fourth-order valence-electron chi connectivity index (χ4n) is 3.65. The molecule has 2 aliphatic rings. The second kappa shape index (κ2) is 8.15. The van der Waals surface area contributed by atoms with E-state index in [4.69, 9.17) is 14.5 Å². The number of hydrogen-bond donors (Lipinski definition) is 1. The minimum Gasteiger partial charge on any atom is -0.492 e. The number of nitrogens with one attached hydrogen (secondary N) is 1. The number of carbonyl (C=O) groups is 1. The van der Waals surface area contributed by atoms with Gasteiger partial charge in [0.05, 0.1) is 37.2 Å². The van der Waals surface area contributed by atoms with Crippen molar-refractivity contribution in [2.24, 2.45) is 0 Å². The highest BCUT2D eigenvalue weighted by Crippen LogP contribution is 2.25. The standard InChI is InChI=1S/C20H23N7O3/c28-20(26-7-10-29-11-8-26)25-6-4-22-18-2-5-27-19(24-18)16(14-23-27)17-13-15(1-3-21-17)30-12-9-25/h1-3,5,13-14H,4,6-12H2,(H,22,24). The number of hydrogen-bond acceptors (Lipinski definition) is 7. The van der Waals surface area contributed by atoms with E-state index in [9.17, 15) is 4.79 Å². The quantitative estimate of drug-likeness (QED) is 0.599. The average Bonchev–Trinajstić information content (AvgIpc) is 3.21. The zero-order chi connectivity index (χ0) is 20.3. The molecule has 3 aromatic heterocycles. The van der Waals surface area contributed by atoms with Crippen molar-refractivity contribution in [1.82, 2.24) is 29.4 Å². The van der Waals surface area contributed by atoms with Crippen LogP contribution in [-0.4, -0.2) is 88.0 Å². The Hall–Kier alpha value is -3.40. The maximum atomic E-state index is 13.0. The van der Waals surface area contributed by atoms with E-state index in [1.165, 1.54) is 0 Å². The maximum absolute atomic E-state index is 13.0. The molecule has 0 spiro atoms. The van der Waals surface area contributed by atoms with Crippen LogP contribution < -0.4 is 10.1 Å². The van der Waals surface area contributed by atoms with Crippen molar-refractivity contribution in [1.29, 1.82) is 0 Å². The molecule has 10 heteroatoms. The van der Waals surface area contributed by atoms with Gasteiger partial charge in [0.1, 0.15) is 18.2 Å². The van der Waals surface area contributed by atoms with Crippen LogP contribution in [0.2, 0.25) is 0 Å². The lowest BCUT2D eigenvalue weighted by molar-refractivity contribution is 0.0425. The number of rotatable bonds is 0. The van der Waals surface area contributed by atoms with Crippen LogP contribution in [0.1, 0.15) is 0 Å². The fourth-order valence-corrected chi connectivity index (χ4v) is 3.65. The molecule has 0 aromatic carbocycles. The molecule has 10 nitrogen and oxygen atoms in total. The van der Waals surface area contributed by atoms with Crippen LogP contribution in [-0.2, 0) is 4.74 Å². The number of amides is 2. The Balaban J connectivity index is 1.44. The topological polar surface area (TPSA) is 97.1 Å². The summed E-state index contributed by atoms with van der Waals surface area (Å²) in [6.45, 7) is 4.37. The molecule has 5 heterocycles. The number of morpholine rings is 1. The first kappa shape index (κ1) is 18.6. The Morgan fingerprint density at radius 2 is 1.90 bits per heavy atom. The van der Waals surface area contributed by atoms with Gasteiger partial charge in [0.15, 0.2) is 5.65 Å². The zero-order valence-electron chi connectivity index (χ0n) is 16.5. The molecule has 0 saturated carbocycles. The van der Waals surface area contributed by atoms with Crippen molar-refractivity contribution < 1.29 is 14.3 Å². The summed E-state index contributed by atoms with van der Waals surface area (Å²) in [5.41, 5.74) is 2.29. The highest BCUT2D eigenvalue weighted by molar-refractivity contribution is 5.76. The van der Waals surface area contributed by atoms with E-state index in [1.807, 2.05) is 34.2 Å². The number of pyridine rings is 1. The third-order valence-corrected chi connectivity index (χ3v) is 5.25. The normalized spacial score (nSPS) is 17.3. The van der Waals surface area contributed by atoms with Gasteiger partial charge in [0, 0.05) is 44.6 Å². The fraction of sp³-hybridized carbons (Fsp3) is 0.400. The van der Waals surface area contributed by atoms with E-state index >= 15 is 0 Å². The maximum Gasteiger partial charge on any atom is 0.320 e. The minimum atomic E-state index is 0.00713. The number of aromatic nitrogens is 4. The van der Waals surface area contributed by atoms with E-state index in [1.54, 1.807) is 16.9 Å². The van der Waals surface area contributed by atoms with Crippen molar-refractivity contribution in [3.63, 3.8) is 0 Å². The average molecular weight is 409 g/mol. The van der Waals surface area contributed by atoms with E-state index in [0.717, 1.165) is 17.1 Å². The minimum absolute atomic E-state index is 0.00713. The molecule has 1 N–H and O–H groups in total. The molecule has 0 unspecified atom stereocenters. The van der Waals surface area contributed by atoms with Gasteiger partial charge in [0.25, 0.3) is 0 Å². The summed E-state index contributed by atoms with van der Waals surface area (Å²) < 4.78 is 13.0. The van der Waals surface area contributed by atoms with Gasteiger partial charge in [-0.1, -0.05) is 0 Å². The van der Waals surface area contributed by atoms with Gasteiger partial charge >= 0.3 is 6.03 Å². The smallest absolute Gasteiger partial charge is 0.320 e. The predicted molar refractivity (Wildman–Crippen MR) is 110 cm³/mol. The highest BCUT2D eigenvalue weighted by Gasteiger charge is 2.23. The van der Waals surface area contributed by atoms with Gasteiger partial charge in [-0.05, 0) is 12.1 Å². The molecule has 2 amide bonds. The van der Waals surface area contributed by atoms with Gasteiger partial charge in [-0.15, -0.1) is 0 Å². The molecule has 4 bridgehead atoms. The van der Waals surface area contributed by atoms with Gasteiger partial charge in [0.2, 0.25) is 0 Å². The molecular formula is C20H23N7O3. The van der Waals surface area contributed by atoms with Crippen LogP contribution in [0, 0.1) is 0 Å². The molecule has 0 atom stereocenters. The third kappa shape index (κ3) is 3.73. The van der Waals surface area contributed by atoms with E-state index in [2.05, 4.69) is 15.4 Å². The number of urea groups is 1. The van der Waals surface area contributed by atoms with Crippen molar-refractivity contribution in [2.45, 2.75) is 0 Å². The second-order valence-corrected chi connectivity index (χ2v) is 7.16. The lowest BCUT2D eigenvalue weighted by Crippen LogP contribution is -2.50. The van der Waals surface area contributed by atoms with E-state index in [-0.39, 0.29) is 6.03 Å². The van der Waals surface area contributed by atoms with Crippen LogP contribution in [0.5, 0.6) is 5.75 Å². The summed E-state index contributed by atoms with van der Waals surface area (Å²) in [4.78, 5) is 25.8. The van der Waals surface area contributed by atoms with Crippen molar-refractivity contribution in [2.75, 3.05) is 57.9 Å². The Morgan fingerprint density at radius 3 is 2.80 bits per heavy atom.